The van der Waals surface area contributed by atoms with E-state index in [-0.39, 0.29) is 5.91 Å². The van der Waals surface area contributed by atoms with Gasteiger partial charge in [0.1, 0.15) is 18.1 Å². The van der Waals surface area contributed by atoms with Crippen molar-refractivity contribution in [2.45, 2.75) is 13.3 Å². The Balaban J connectivity index is 1.72. The number of methoxy groups -OCH3 is 1. The molecule has 0 aliphatic carbocycles. The van der Waals surface area contributed by atoms with Gasteiger partial charge in [-0.05, 0) is 48.4 Å². The van der Waals surface area contributed by atoms with Crippen molar-refractivity contribution in [3.8, 4) is 11.5 Å². The predicted octanol–water partition coefficient (Wildman–Crippen LogP) is 3.39. The topological polar surface area (TPSA) is 47.6 Å². The van der Waals surface area contributed by atoms with Gasteiger partial charge >= 0.3 is 0 Å². The van der Waals surface area contributed by atoms with E-state index in [1.807, 2.05) is 25.1 Å². The first-order valence-corrected chi connectivity index (χ1v) is 7.75. The Morgan fingerprint density at radius 3 is 2.57 bits per heavy atom. The zero-order valence-electron chi connectivity index (χ0n) is 13.3. The smallest absolute Gasteiger partial charge is 0.224 e. The molecule has 2 aromatic rings. The number of carbonyl (C=O) groups is 1. The van der Waals surface area contributed by atoms with Crippen LogP contribution in [0.3, 0.4) is 0 Å². The molecule has 0 aromatic heterocycles. The number of hydrogen-bond acceptors (Lipinski definition) is 3. The second-order valence-electron chi connectivity index (χ2n) is 5.13. The molecule has 0 aliphatic heterocycles. The summed E-state index contributed by atoms with van der Waals surface area (Å²) in [7, 11) is 1.63. The predicted molar refractivity (Wildman–Crippen MR) is 91.4 cm³/mol. The van der Waals surface area contributed by atoms with Gasteiger partial charge in [-0.2, -0.15) is 0 Å². The van der Waals surface area contributed by atoms with E-state index in [4.69, 9.17) is 21.1 Å². The molecule has 2 rings (SSSR count). The van der Waals surface area contributed by atoms with Gasteiger partial charge in [-0.15, -0.1) is 0 Å². The summed E-state index contributed by atoms with van der Waals surface area (Å²) in [6.45, 7) is 2.83. The molecule has 4 nitrogen and oxygen atoms in total. The van der Waals surface area contributed by atoms with Gasteiger partial charge in [0.15, 0.2) is 0 Å². The highest BCUT2D eigenvalue weighted by molar-refractivity contribution is 6.30. The molecule has 122 valence electrons. The van der Waals surface area contributed by atoms with Crippen molar-refractivity contribution in [3.63, 3.8) is 0 Å². The van der Waals surface area contributed by atoms with Crippen LogP contribution in [0.25, 0.3) is 0 Å². The van der Waals surface area contributed by atoms with Crippen molar-refractivity contribution in [1.29, 1.82) is 0 Å². The molecule has 0 heterocycles. The fourth-order valence-corrected chi connectivity index (χ4v) is 2.31. The van der Waals surface area contributed by atoms with Crippen molar-refractivity contribution < 1.29 is 14.3 Å². The van der Waals surface area contributed by atoms with E-state index in [0.29, 0.717) is 24.6 Å². The number of benzene rings is 2. The van der Waals surface area contributed by atoms with Gasteiger partial charge in [0.2, 0.25) is 5.91 Å². The van der Waals surface area contributed by atoms with Crippen LogP contribution in [0.15, 0.2) is 42.5 Å². The molecule has 0 saturated heterocycles. The van der Waals surface area contributed by atoms with Crippen LogP contribution in [0.2, 0.25) is 5.02 Å². The molecular formula is C18H20ClNO3. The van der Waals surface area contributed by atoms with Crippen molar-refractivity contribution >= 4 is 17.5 Å². The minimum Gasteiger partial charge on any atom is -0.496 e. The Labute approximate surface area is 141 Å². The fraction of sp³-hybridized carbons (Fsp3) is 0.278. The molecule has 0 radical (unpaired) electrons. The largest absolute Gasteiger partial charge is 0.496 e. The van der Waals surface area contributed by atoms with Gasteiger partial charge in [0.05, 0.1) is 20.1 Å². The number of aryl methyl sites for hydroxylation is 1. The zero-order valence-corrected chi connectivity index (χ0v) is 14.0. The number of halogens is 1. The average Bonchev–Trinajstić information content (AvgIpc) is 2.53. The normalized spacial score (nSPS) is 10.2. The van der Waals surface area contributed by atoms with Crippen molar-refractivity contribution in [2.24, 2.45) is 0 Å². The van der Waals surface area contributed by atoms with E-state index in [9.17, 15) is 4.79 Å². The summed E-state index contributed by atoms with van der Waals surface area (Å²) in [5.74, 6) is 1.52. The lowest BCUT2D eigenvalue weighted by Crippen LogP contribution is -2.29. The van der Waals surface area contributed by atoms with Crippen LogP contribution in [0.1, 0.15) is 11.1 Å². The molecule has 0 unspecified atom stereocenters. The van der Waals surface area contributed by atoms with Crippen LogP contribution in [0.5, 0.6) is 11.5 Å². The van der Waals surface area contributed by atoms with Crippen LogP contribution >= 0.6 is 11.6 Å². The van der Waals surface area contributed by atoms with E-state index >= 15 is 0 Å². The SMILES string of the molecule is COc1ccc(CC(=O)NCCOc2ccc(Cl)cc2)cc1C. The molecule has 23 heavy (non-hydrogen) atoms. The van der Waals surface area contributed by atoms with Gasteiger partial charge in [-0.3, -0.25) is 4.79 Å². The average molecular weight is 334 g/mol. The van der Waals surface area contributed by atoms with Crippen LogP contribution in [0.4, 0.5) is 0 Å². The fourth-order valence-electron chi connectivity index (χ4n) is 2.19. The number of hydrogen-bond donors (Lipinski definition) is 1. The van der Waals surface area contributed by atoms with E-state index < -0.39 is 0 Å². The first kappa shape index (κ1) is 17.2. The van der Waals surface area contributed by atoms with Gasteiger partial charge in [-0.1, -0.05) is 23.7 Å². The third-order valence-corrected chi connectivity index (χ3v) is 3.58. The minimum absolute atomic E-state index is 0.0331. The molecule has 0 bridgehead atoms. The standard InChI is InChI=1S/C18H20ClNO3/c1-13-11-14(3-8-17(13)22-2)12-18(21)20-9-10-23-16-6-4-15(19)5-7-16/h3-8,11H,9-10,12H2,1-2H3,(H,20,21). The highest BCUT2D eigenvalue weighted by Crippen LogP contribution is 2.18. The van der Waals surface area contributed by atoms with Crippen LogP contribution in [0, 0.1) is 6.92 Å². The molecule has 1 N–H and O–H groups in total. The number of carbonyl (C=O) groups excluding carboxylic acids is 1. The summed E-state index contributed by atoms with van der Waals surface area (Å²) in [6, 6.07) is 12.9. The quantitative estimate of drug-likeness (QED) is 0.790. The Kier molecular flexibility index (Phi) is 6.29. The Morgan fingerprint density at radius 2 is 1.91 bits per heavy atom. The van der Waals surface area contributed by atoms with Crippen molar-refractivity contribution in [1.82, 2.24) is 5.32 Å². The van der Waals surface area contributed by atoms with Gasteiger partial charge in [-0.25, -0.2) is 0 Å². The molecule has 1 amide bonds. The molecule has 0 fully saturated rings. The molecule has 0 saturated carbocycles. The third-order valence-electron chi connectivity index (χ3n) is 3.33. The van der Waals surface area contributed by atoms with Gasteiger partial charge in [0, 0.05) is 5.02 Å². The summed E-state index contributed by atoms with van der Waals surface area (Å²) in [4.78, 5) is 11.9. The second-order valence-corrected chi connectivity index (χ2v) is 5.57. The maximum atomic E-state index is 11.9. The number of amides is 1. The first-order valence-electron chi connectivity index (χ1n) is 7.37. The maximum Gasteiger partial charge on any atom is 0.224 e. The molecule has 0 spiro atoms. The second kappa shape index (κ2) is 8.44. The van der Waals surface area contributed by atoms with Gasteiger partial charge < -0.3 is 14.8 Å². The van der Waals surface area contributed by atoms with E-state index in [2.05, 4.69) is 5.32 Å². The summed E-state index contributed by atoms with van der Waals surface area (Å²) >= 11 is 5.80. The summed E-state index contributed by atoms with van der Waals surface area (Å²) in [5, 5.41) is 3.51. The third kappa shape index (κ3) is 5.49. The molecule has 0 atom stereocenters. The van der Waals surface area contributed by atoms with Crippen molar-refractivity contribution in [2.75, 3.05) is 20.3 Å². The molecule has 2 aromatic carbocycles. The molecule has 5 heteroatoms. The van der Waals surface area contributed by atoms with Crippen molar-refractivity contribution in [3.05, 3.63) is 58.6 Å². The Morgan fingerprint density at radius 1 is 1.17 bits per heavy atom. The highest BCUT2D eigenvalue weighted by atomic mass is 35.5. The number of ether oxygens (including phenoxy) is 2. The van der Waals surface area contributed by atoms with E-state index in [1.54, 1.807) is 31.4 Å². The Bertz CT molecular complexity index is 656. The van der Waals surface area contributed by atoms with Crippen LogP contribution in [-0.4, -0.2) is 26.2 Å². The number of nitrogens with one attached hydrogen (secondary N) is 1. The lowest BCUT2D eigenvalue weighted by molar-refractivity contribution is -0.120. The minimum atomic E-state index is -0.0331. The monoisotopic (exact) mass is 333 g/mol. The first-order chi connectivity index (χ1) is 11.1. The lowest BCUT2D eigenvalue weighted by atomic mass is 10.1. The van der Waals surface area contributed by atoms with E-state index in [1.165, 1.54) is 0 Å². The zero-order chi connectivity index (χ0) is 16.7. The van der Waals surface area contributed by atoms with E-state index in [0.717, 1.165) is 22.6 Å². The maximum absolute atomic E-state index is 11.9. The molecule has 0 aliphatic rings. The van der Waals surface area contributed by atoms with Crippen LogP contribution < -0.4 is 14.8 Å². The summed E-state index contributed by atoms with van der Waals surface area (Å²) in [6.07, 6.45) is 0.339. The highest BCUT2D eigenvalue weighted by Gasteiger charge is 2.05. The number of rotatable bonds is 7. The summed E-state index contributed by atoms with van der Waals surface area (Å²) < 4.78 is 10.7. The van der Waals surface area contributed by atoms with Gasteiger partial charge in [0.25, 0.3) is 0 Å². The van der Waals surface area contributed by atoms with Crippen LogP contribution in [-0.2, 0) is 11.2 Å². The summed E-state index contributed by atoms with van der Waals surface area (Å²) in [5.41, 5.74) is 1.98. The molecular weight excluding hydrogens is 314 g/mol. The Hall–Kier alpha value is -2.20. The lowest BCUT2D eigenvalue weighted by Gasteiger charge is -2.09.